The summed E-state index contributed by atoms with van der Waals surface area (Å²) in [4.78, 5) is 14.6. The van der Waals surface area contributed by atoms with Crippen molar-refractivity contribution in [3.8, 4) is 0 Å². The van der Waals surface area contributed by atoms with Gasteiger partial charge in [0.15, 0.2) is 0 Å². The molecule has 0 aliphatic carbocycles. The summed E-state index contributed by atoms with van der Waals surface area (Å²) < 4.78 is 32.8. The van der Waals surface area contributed by atoms with Crippen LogP contribution in [0.15, 0.2) is 29.2 Å². The minimum absolute atomic E-state index is 0.100. The first kappa shape index (κ1) is 19.9. The first-order valence-electron chi connectivity index (χ1n) is 8.90. The largest absolute Gasteiger partial charge is 0.376 e. The number of benzene rings is 1. The Hall–Kier alpha value is -1.44. The summed E-state index contributed by atoms with van der Waals surface area (Å²) in [6.07, 6.45) is 2.82. The summed E-state index contributed by atoms with van der Waals surface area (Å²) in [7, 11) is -3.55. The summed E-state index contributed by atoms with van der Waals surface area (Å²) in [5.41, 5.74) is 0.488. The minimum Gasteiger partial charge on any atom is -0.376 e. The number of likely N-dealkylation sites (N-methyl/N-ethyl adjacent to an activating group) is 1. The number of nitrogens with one attached hydrogen (secondary N) is 1. The van der Waals surface area contributed by atoms with Gasteiger partial charge in [-0.25, -0.2) is 13.1 Å². The van der Waals surface area contributed by atoms with E-state index in [9.17, 15) is 13.2 Å². The van der Waals surface area contributed by atoms with Crippen LogP contribution in [0.5, 0.6) is 0 Å². The summed E-state index contributed by atoms with van der Waals surface area (Å²) >= 11 is 0. The third-order valence-electron chi connectivity index (χ3n) is 4.50. The average molecular weight is 368 g/mol. The molecule has 1 aromatic carbocycles. The van der Waals surface area contributed by atoms with Crippen LogP contribution in [-0.2, 0) is 14.8 Å². The maximum Gasteiger partial charge on any atom is 0.253 e. The van der Waals surface area contributed by atoms with E-state index in [1.165, 1.54) is 12.1 Å². The van der Waals surface area contributed by atoms with Gasteiger partial charge in [-0.15, -0.1) is 0 Å². The Morgan fingerprint density at radius 3 is 2.52 bits per heavy atom. The van der Waals surface area contributed by atoms with Crippen molar-refractivity contribution in [3.63, 3.8) is 0 Å². The van der Waals surface area contributed by atoms with Crippen LogP contribution in [0.3, 0.4) is 0 Å². The van der Waals surface area contributed by atoms with E-state index in [1.54, 1.807) is 17.0 Å². The number of sulfonamides is 1. The number of amides is 1. The molecule has 1 fully saturated rings. The topological polar surface area (TPSA) is 75.7 Å². The molecule has 2 atom stereocenters. The molecule has 6 nitrogen and oxygen atoms in total. The van der Waals surface area contributed by atoms with Crippen molar-refractivity contribution >= 4 is 15.9 Å². The van der Waals surface area contributed by atoms with Gasteiger partial charge in [-0.05, 0) is 57.4 Å². The zero-order chi connectivity index (χ0) is 18.4. The number of hydrogen-bond acceptors (Lipinski definition) is 4. The maximum absolute atomic E-state index is 12.7. The molecule has 1 heterocycles. The van der Waals surface area contributed by atoms with Crippen LogP contribution in [0.25, 0.3) is 0 Å². The molecule has 0 radical (unpaired) electrons. The molecule has 25 heavy (non-hydrogen) atoms. The fraction of sp³-hybridized carbons (Fsp3) is 0.611. The minimum atomic E-state index is -3.55. The van der Waals surface area contributed by atoms with Gasteiger partial charge in [-0.2, -0.15) is 0 Å². The molecule has 0 aromatic heterocycles. The molecule has 1 aliphatic rings. The maximum atomic E-state index is 12.7. The number of nitrogens with zero attached hydrogens (tertiary/aromatic N) is 1. The Kier molecular flexibility index (Phi) is 6.98. The van der Waals surface area contributed by atoms with Gasteiger partial charge in [0.1, 0.15) is 0 Å². The molecule has 2 unspecified atom stereocenters. The summed E-state index contributed by atoms with van der Waals surface area (Å²) in [5, 5.41) is 0. The number of rotatable bonds is 8. The van der Waals surface area contributed by atoms with Crippen LogP contribution >= 0.6 is 0 Å². The molecule has 1 aromatic rings. The highest BCUT2D eigenvalue weighted by Crippen LogP contribution is 2.17. The van der Waals surface area contributed by atoms with E-state index in [1.807, 2.05) is 20.8 Å². The predicted molar refractivity (Wildman–Crippen MR) is 97.1 cm³/mol. The quantitative estimate of drug-likeness (QED) is 0.764. The number of hydrogen-bond donors (Lipinski definition) is 1. The molecule has 1 N–H and O–H groups in total. The number of carbonyl (C=O) groups is 1. The van der Waals surface area contributed by atoms with E-state index < -0.39 is 10.0 Å². The van der Waals surface area contributed by atoms with Gasteiger partial charge in [0.25, 0.3) is 5.91 Å². The molecule has 1 amide bonds. The van der Waals surface area contributed by atoms with Gasteiger partial charge in [0, 0.05) is 31.3 Å². The van der Waals surface area contributed by atoms with Crippen molar-refractivity contribution in [1.29, 1.82) is 0 Å². The highest BCUT2D eigenvalue weighted by Gasteiger charge is 2.23. The smallest absolute Gasteiger partial charge is 0.253 e. The second kappa shape index (κ2) is 8.78. The Labute approximate surface area is 150 Å². The van der Waals surface area contributed by atoms with E-state index in [4.69, 9.17) is 4.74 Å². The summed E-state index contributed by atoms with van der Waals surface area (Å²) in [6.45, 7) is 7.59. The lowest BCUT2D eigenvalue weighted by Crippen LogP contribution is -2.37. The van der Waals surface area contributed by atoms with E-state index in [-0.39, 0.29) is 22.9 Å². The van der Waals surface area contributed by atoms with E-state index >= 15 is 0 Å². The molecule has 0 saturated carbocycles. The number of carbonyl (C=O) groups excluding carboxylic acids is 1. The van der Waals surface area contributed by atoms with Crippen LogP contribution in [0, 0.1) is 0 Å². The van der Waals surface area contributed by atoms with Gasteiger partial charge in [0.05, 0.1) is 11.0 Å². The van der Waals surface area contributed by atoms with Gasteiger partial charge in [-0.1, -0.05) is 6.92 Å². The van der Waals surface area contributed by atoms with Crippen LogP contribution in [0.2, 0.25) is 0 Å². The van der Waals surface area contributed by atoms with Gasteiger partial charge in [0.2, 0.25) is 10.0 Å². The SMILES string of the molecule is CCC(C)NS(=O)(=O)c1ccc(C(=O)N(CC)CC2CCCO2)cc1. The first-order chi connectivity index (χ1) is 11.9. The standard InChI is InChI=1S/C18H28N2O4S/c1-4-14(3)19-25(22,23)17-10-8-15(9-11-17)18(21)20(5-2)13-16-7-6-12-24-16/h8-11,14,16,19H,4-7,12-13H2,1-3H3. The van der Waals surface area contributed by atoms with E-state index in [0.717, 1.165) is 19.4 Å². The molecule has 1 aliphatic heterocycles. The van der Waals surface area contributed by atoms with E-state index in [0.29, 0.717) is 25.1 Å². The molecule has 140 valence electrons. The number of ether oxygens (including phenoxy) is 1. The van der Waals surface area contributed by atoms with Crippen molar-refractivity contribution in [2.24, 2.45) is 0 Å². The molecular weight excluding hydrogens is 340 g/mol. The fourth-order valence-corrected chi connectivity index (χ4v) is 4.09. The highest BCUT2D eigenvalue weighted by atomic mass is 32.2. The van der Waals surface area contributed by atoms with Crippen molar-refractivity contribution in [2.45, 2.75) is 57.1 Å². The van der Waals surface area contributed by atoms with Crippen LogP contribution in [-0.4, -0.2) is 51.1 Å². The fourth-order valence-electron chi connectivity index (χ4n) is 2.77. The zero-order valence-corrected chi connectivity index (χ0v) is 16.0. The second-order valence-corrected chi connectivity index (χ2v) is 8.15. The summed E-state index contributed by atoms with van der Waals surface area (Å²) in [5.74, 6) is -0.100. The predicted octanol–water partition coefficient (Wildman–Crippen LogP) is 2.40. The Morgan fingerprint density at radius 1 is 1.32 bits per heavy atom. The Bertz CT molecular complexity index is 667. The molecule has 7 heteroatoms. The molecular formula is C18H28N2O4S. The Balaban J connectivity index is 2.08. The molecule has 0 bridgehead atoms. The second-order valence-electron chi connectivity index (χ2n) is 6.43. The summed E-state index contributed by atoms with van der Waals surface area (Å²) in [6, 6.07) is 5.99. The van der Waals surface area contributed by atoms with Gasteiger partial charge >= 0.3 is 0 Å². The Morgan fingerprint density at radius 2 is 2.00 bits per heavy atom. The van der Waals surface area contributed by atoms with Crippen LogP contribution in [0.4, 0.5) is 0 Å². The molecule has 1 saturated heterocycles. The van der Waals surface area contributed by atoms with Crippen molar-refractivity contribution in [1.82, 2.24) is 9.62 Å². The zero-order valence-electron chi connectivity index (χ0n) is 15.2. The molecule has 0 spiro atoms. The monoisotopic (exact) mass is 368 g/mol. The normalized spacial score (nSPS) is 18.9. The lowest BCUT2D eigenvalue weighted by Gasteiger charge is -2.24. The molecule has 2 rings (SSSR count). The lowest BCUT2D eigenvalue weighted by atomic mass is 10.1. The average Bonchev–Trinajstić information content (AvgIpc) is 3.12. The van der Waals surface area contributed by atoms with Crippen LogP contribution in [0.1, 0.15) is 50.4 Å². The van der Waals surface area contributed by atoms with Gasteiger partial charge < -0.3 is 9.64 Å². The van der Waals surface area contributed by atoms with Gasteiger partial charge in [-0.3, -0.25) is 4.79 Å². The van der Waals surface area contributed by atoms with E-state index in [2.05, 4.69) is 4.72 Å². The third-order valence-corrected chi connectivity index (χ3v) is 6.10. The van der Waals surface area contributed by atoms with Crippen molar-refractivity contribution < 1.29 is 17.9 Å². The van der Waals surface area contributed by atoms with Crippen molar-refractivity contribution in [2.75, 3.05) is 19.7 Å². The van der Waals surface area contributed by atoms with Crippen molar-refractivity contribution in [3.05, 3.63) is 29.8 Å². The lowest BCUT2D eigenvalue weighted by molar-refractivity contribution is 0.0539. The van der Waals surface area contributed by atoms with Crippen LogP contribution < -0.4 is 4.72 Å². The highest BCUT2D eigenvalue weighted by molar-refractivity contribution is 7.89. The first-order valence-corrected chi connectivity index (χ1v) is 10.4. The third kappa shape index (κ3) is 5.26.